The molecule has 126 valence electrons. The van der Waals surface area contributed by atoms with E-state index in [1.807, 2.05) is 5.32 Å². The average Bonchev–Trinajstić information content (AvgIpc) is 2.48. The lowest BCUT2D eigenvalue weighted by atomic mass is 10.2. The molecule has 9 heteroatoms. The van der Waals surface area contributed by atoms with Crippen LogP contribution in [0.25, 0.3) is 0 Å². The Kier molecular flexibility index (Phi) is 8.76. The van der Waals surface area contributed by atoms with E-state index in [9.17, 15) is 19.2 Å². The normalized spacial score (nSPS) is 13.1. The predicted octanol–water partition coefficient (Wildman–Crippen LogP) is -0.822. The van der Waals surface area contributed by atoms with Gasteiger partial charge in [-0.2, -0.15) is 0 Å². The number of methoxy groups -OCH3 is 1. The maximum absolute atomic E-state index is 12.0. The molecule has 0 aromatic rings. The molecule has 0 aromatic carbocycles. The highest BCUT2D eigenvalue weighted by Crippen LogP contribution is 2.06. The van der Waals surface area contributed by atoms with Gasteiger partial charge >= 0.3 is 17.9 Å². The maximum Gasteiger partial charge on any atom is 0.340 e. The lowest BCUT2D eigenvalue weighted by Gasteiger charge is -2.20. The second-order valence-electron chi connectivity index (χ2n) is 4.54. The summed E-state index contributed by atoms with van der Waals surface area (Å²) in [6.45, 7) is 3.60. The van der Waals surface area contributed by atoms with Gasteiger partial charge in [-0.15, -0.1) is 0 Å². The third kappa shape index (κ3) is 6.53. The fourth-order valence-electron chi connectivity index (χ4n) is 1.55. The van der Waals surface area contributed by atoms with Crippen molar-refractivity contribution in [1.82, 2.24) is 5.32 Å². The molecule has 0 unspecified atom stereocenters. The zero-order valence-electron chi connectivity index (χ0n) is 12.8. The van der Waals surface area contributed by atoms with Crippen LogP contribution in [0.5, 0.6) is 0 Å². The Morgan fingerprint density at radius 1 is 1.14 bits per heavy atom. The fraction of sp³-hybridized carbons (Fsp3) is 0.692. The topological polar surface area (TPSA) is 145 Å². The van der Waals surface area contributed by atoms with Gasteiger partial charge in [0.15, 0.2) is 0 Å². The molecule has 9 nitrogen and oxygen atoms in total. The van der Waals surface area contributed by atoms with Crippen molar-refractivity contribution in [2.45, 2.75) is 51.3 Å². The summed E-state index contributed by atoms with van der Waals surface area (Å²) in [6.07, 6.45) is 0.0521. The molecule has 0 fully saturated rings. The number of nitrogens with one attached hydrogen (secondary N) is 1. The number of ether oxygens (including phenoxy) is 2. The van der Waals surface area contributed by atoms with Crippen molar-refractivity contribution in [3.63, 3.8) is 0 Å². The van der Waals surface area contributed by atoms with Crippen molar-refractivity contribution in [2.75, 3.05) is 7.11 Å². The smallest absolute Gasteiger partial charge is 0.340 e. The summed E-state index contributed by atoms with van der Waals surface area (Å²) in [6, 6.07) is -3.08. The van der Waals surface area contributed by atoms with Gasteiger partial charge < -0.3 is 25.6 Å². The second-order valence-corrected chi connectivity index (χ2v) is 4.54. The number of carboxylic acid groups (broad SMARTS) is 1. The van der Waals surface area contributed by atoms with E-state index in [1.54, 1.807) is 13.8 Å². The summed E-state index contributed by atoms with van der Waals surface area (Å²) >= 11 is 0. The van der Waals surface area contributed by atoms with Crippen LogP contribution in [0, 0.1) is 0 Å². The Morgan fingerprint density at radius 2 is 1.68 bits per heavy atom. The van der Waals surface area contributed by atoms with Crippen LogP contribution >= 0.6 is 0 Å². The van der Waals surface area contributed by atoms with Crippen molar-refractivity contribution in [3.8, 4) is 0 Å². The highest BCUT2D eigenvalue weighted by atomic mass is 16.6. The zero-order valence-corrected chi connectivity index (χ0v) is 12.8. The van der Waals surface area contributed by atoms with Gasteiger partial charge in [0.1, 0.15) is 6.10 Å². The monoisotopic (exact) mass is 318 g/mol. The number of hydrogen-bond acceptors (Lipinski definition) is 7. The molecule has 2 atom stereocenters. The predicted molar refractivity (Wildman–Crippen MR) is 74.6 cm³/mol. The first-order valence-electron chi connectivity index (χ1n) is 6.82. The van der Waals surface area contributed by atoms with Crippen LogP contribution in [0.3, 0.4) is 0 Å². The molecule has 0 heterocycles. The number of carbonyl (C=O) groups is 4. The molecule has 22 heavy (non-hydrogen) atoms. The van der Waals surface area contributed by atoms with Gasteiger partial charge in [-0.05, 0) is 12.8 Å². The summed E-state index contributed by atoms with van der Waals surface area (Å²) in [4.78, 5) is 45.8. The van der Waals surface area contributed by atoms with Gasteiger partial charge in [0.05, 0.1) is 19.6 Å². The minimum absolute atomic E-state index is 0.399. The van der Waals surface area contributed by atoms with E-state index in [2.05, 4.69) is 4.74 Å². The van der Waals surface area contributed by atoms with E-state index in [0.29, 0.717) is 12.8 Å². The van der Waals surface area contributed by atoms with Crippen LogP contribution in [0.4, 0.5) is 0 Å². The standard InChI is InChI=1S/C13H22N2O7/c1-4-7(5-2)22-13(20)10(12(19)21-3)15-11(18)8(14)6-9(16)17/h7-8,10H,4-6,14H2,1-3H3,(H,15,18)(H,16,17)/t8-,10+/m1/s1. The summed E-state index contributed by atoms with van der Waals surface area (Å²) in [5.74, 6) is -4.24. The fourth-order valence-corrected chi connectivity index (χ4v) is 1.55. The van der Waals surface area contributed by atoms with Crippen LogP contribution in [0.15, 0.2) is 0 Å². The van der Waals surface area contributed by atoms with Crippen molar-refractivity contribution in [1.29, 1.82) is 0 Å². The van der Waals surface area contributed by atoms with Gasteiger partial charge in [0.2, 0.25) is 11.9 Å². The minimum Gasteiger partial charge on any atom is -0.481 e. The lowest BCUT2D eigenvalue weighted by Crippen LogP contribution is -2.53. The molecular weight excluding hydrogens is 296 g/mol. The van der Waals surface area contributed by atoms with E-state index >= 15 is 0 Å². The SMILES string of the molecule is CCC(CC)OC(=O)[C@@H](NC(=O)[C@H](N)CC(=O)O)C(=O)OC. The quantitative estimate of drug-likeness (QED) is 0.369. The first-order valence-corrected chi connectivity index (χ1v) is 6.82. The molecular formula is C13H22N2O7. The van der Waals surface area contributed by atoms with E-state index in [-0.39, 0.29) is 0 Å². The van der Waals surface area contributed by atoms with Crippen molar-refractivity contribution >= 4 is 23.8 Å². The van der Waals surface area contributed by atoms with Gasteiger partial charge in [-0.3, -0.25) is 9.59 Å². The molecule has 0 aliphatic carbocycles. The summed E-state index contributed by atoms with van der Waals surface area (Å²) < 4.78 is 9.52. The van der Waals surface area contributed by atoms with Crippen molar-refractivity contribution in [3.05, 3.63) is 0 Å². The Hall–Kier alpha value is -2.16. The number of carboxylic acids is 1. The van der Waals surface area contributed by atoms with Crippen LogP contribution in [-0.2, 0) is 28.7 Å². The summed E-state index contributed by atoms with van der Waals surface area (Å²) in [7, 11) is 1.04. The highest BCUT2D eigenvalue weighted by molar-refractivity contribution is 6.03. The van der Waals surface area contributed by atoms with Crippen LogP contribution in [-0.4, -0.2) is 54.2 Å². The molecule has 0 bridgehead atoms. The largest absolute Gasteiger partial charge is 0.481 e. The second kappa shape index (κ2) is 9.72. The Bertz CT molecular complexity index is 421. The van der Waals surface area contributed by atoms with Gasteiger partial charge in [-0.25, -0.2) is 9.59 Å². The first-order chi connectivity index (χ1) is 10.3. The number of hydrogen-bond donors (Lipinski definition) is 3. The summed E-state index contributed by atoms with van der Waals surface area (Å²) in [5, 5.41) is 10.6. The van der Waals surface area contributed by atoms with Crippen LogP contribution in [0.2, 0.25) is 0 Å². The number of aliphatic carboxylic acids is 1. The molecule has 0 aliphatic rings. The van der Waals surface area contributed by atoms with E-state index < -0.39 is 48.4 Å². The van der Waals surface area contributed by atoms with Crippen LogP contribution < -0.4 is 11.1 Å². The Labute approximate surface area is 128 Å². The average molecular weight is 318 g/mol. The summed E-state index contributed by atoms with van der Waals surface area (Å²) in [5.41, 5.74) is 5.36. The molecule has 0 saturated heterocycles. The molecule has 0 rings (SSSR count). The number of amides is 1. The van der Waals surface area contributed by atoms with Gasteiger partial charge in [0, 0.05) is 0 Å². The molecule has 4 N–H and O–H groups in total. The molecule has 0 saturated carbocycles. The van der Waals surface area contributed by atoms with E-state index in [1.165, 1.54) is 0 Å². The van der Waals surface area contributed by atoms with Crippen molar-refractivity contribution < 1.29 is 33.8 Å². The molecule has 0 aromatic heterocycles. The van der Waals surface area contributed by atoms with E-state index in [0.717, 1.165) is 7.11 Å². The minimum atomic E-state index is -1.68. The molecule has 0 radical (unpaired) electrons. The van der Waals surface area contributed by atoms with Gasteiger partial charge in [0.25, 0.3) is 0 Å². The maximum atomic E-state index is 12.0. The third-order valence-corrected chi connectivity index (χ3v) is 2.88. The van der Waals surface area contributed by atoms with Crippen LogP contribution in [0.1, 0.15) is 33.1 Å². The number of esters is 2. The Morgan fingerprint density at radius 3 is 2.09 bits per heavy atom. The lowest BCUT2D eigenvalue weighted by molar-refractivity contribution is -0.162. The first kappa shape index (κ1) is 19.8. The molecule has 0 aliphatic heterocycles. The highest BCUT2D eigenvalue weighted by Gasteiger charge is 2.33. The third-order valence-electron chi connectivity index (χ3n) is 2.88. The Balaban J connectivity index is 4.91. The van der Waals surface area contributed by atoms with E-state index in [4.69, 9.17) is 15.6 Å². The van der Waals surface area contributed by atoms with Crippen molar-refractivity contribution in [2.24, 2.45) is 5.73 Å². The number of carbonyl (C=O) groups excluding carboxylic acids is 3. The molecule has 0 spiro atoms. The zero-order chi connectivity index (χ0) is 17.3. The van der Waals surface area contributed by atoms with Gasteiger partial charge in [-0.1, -0.05) is 13.8 Å². The number of rotatable bonds is 9. The number of nitrogens with two attached hydrogens (primary N) is 1. The molecule has 1 amide bonds.